The van der Waals surface area contributed by atoms with Crippen molar-refractivity contribution in [3.05, 3.63) is 47.7 Å². The summed E-state index contributed by atoms with van der Waals surface area (Å²) in [7, 11) is 0. The van der Waals surface area contributed by atoms with Gasteiger partial charge in [0.2, 0.25) is 6.23 Å². The van der Waals surface area contributed by atoms with Crippen molar-refractivity contribution in [2.24, 2.45) is 0 Å². The van der Waals surface area contributed by atoms with E-state index < -0.39 is 18.4 Å². The van der Waals surface area contributed by atoms with Gasteiger partial charge in [-0.2, -0.15) is 5.26 Å². The van der Waals surface area contributed by atoms with Crippen molar-refractivity contribution in [2.45, 2.75) is 18.2 Å². The van der Waals surface area contributed by atoms with Crippen molar-refractivity contribution in [3.8, 4) is 6.07 Å². The number of rotatable bonds is 1. The summed E-state index contributed by atoms with van der Waals surface area (Å²) in [6.07, 6.45) is 0.148. The average Bonchev–Trinajstić information content (AvgIpc) is 2.78. The molecule has 18 heavy (non-hydrogen) atoms. The lowest BCUT2D eigenvalue weighted by Crippen LogP contribution is -2.39. The second-order valence-electron chi connectivity index (χ2n) is 4.13. The number of nitrogens with zero attached hydrogens (tertiary/aromatic N) is 1. The van der Waals surface area contributed by atoms with Crippen LogP contribution in [-0.4, -0.2) is 18.4 Å². The zero-order valence-corrected chi connectivity index (χ0v) is 9.37. The summed E-state index contributed by atoms with van der Waals surface area (Å²) in [6, 6.07) is 11.6. The Bertz CT molecular complexity index is 547. The van der Waals surface area contributed by atoms with Gasteiger partial charge in [0.25, 0.3) is 0 Å². The van der Waals surface area contributed by atoms with Crippen molar-refractivity contribution in [1.82, 2.24) is 5.32 Å². The van der Waals surface area contributed by atoms with Gasteiger partial charge in [0, 0.05) is 5.92 Å². The Labute approximate surface area is 104 Å². The molecule has 2 heterocycles. The van der Waals surface area contributed by atoms with Crippen molar-refractivity contribution in [3.63, 3.8) is 0 Å². The normalized spacial score (nSPS) is 29.2. The van der Waals surface area contributed by atoms with Crippen molar-refractivity contribution >= 4 is 6.09 Å². The lowest BCUT2D eigenvalue weighted by Gasteiger charge is -2.28. The maximum atomic E-state index is 11.3. The molecule has 1 aromatic rings. The summed E-state index contributed by atoms with van der Waals surface area (Å²) < 4.78 is 10.5. The topological polar surface area (TPSA) is 71.3 Å². The Hall–Kier alpha value is -2.48. The number of alkyl carbamates (subject to hydrolysis) is 1. The summed E-state index contributed by atoms with van der Waals surface area (Å²) in [5.41, 5.74) is 0.986. The average molecular weight is 242 g/mol. The van der Waals surface area contributed by atoms with Crippen LogP contribution in [-0.2, 0) is 9.47 Å². The molecule has 1 fully saturated rings. The number of hydrogen-bond donors (Lipinski definition) is 1. The molecule has 90 valence electrons. The summed E-state index contributed by atoms with van der Waals surface area (Å²) in [5, 5.41) is 11.5. The van der Waals surface area contributed by atoms with E-state index in [1.54, 1.807) is 6.08 Å². The zero-order chi connectivity index (χ0) is 12.5. The van der Waals surface area contributed by atoms with E-state index in [2.05, 4.69) is 5.32 Å². The van der Waals surface area contributed by atoms with E-state index in [9.17, 15) is 4.79 Å². The number of amides is 1. The highest BCUT2D eigenvalue weighted by atomic mass is 16.6. The standard InChI is InChI=1S/C13H10N2O3/c14-7-9-6-10(8-4-2-1-3-5-8)11-12(17-9)15-13(16)18-11/h1-6,10-12H,(H,15,16)/t10-,11+,12+/m1/s1. The molecule has 1 saturated heterocycles. The molecule has 2 aliphatic rings. The fourth-order valence-corrected chi connectivity index (χ4v) is 2.23. The Morgan fingerprint density at radius 3 is 2.72 bits per heavy atom. The van der Waals surface area contributed by atoms with Gasteiger partial charge in [0.1, 0.15) is 6.07 Å². The molecule has 1 N–H and O–H groups in total. The number of carbonyl (C=O) groups is 1. The van der Waals surface area contributed by atoms with Gasteiger partial charge >= 0.3 is 6.09 Å². The SMILES string of the molecule is N#CC1=C[C@H](c2ccccc2)[C@@H]2OC(=O)N[C@H]2O1. The molecule has 5 nitrogen and oxygen atoms in total. The minimum absolute atomic E-state index is 0.168. The molecule has 3 atom stereocenters. The third kappa shape index (κ3) is 1.68. The molecule has 5 heteroatoms. The molecule has 0 radical (unpaired) electrons. The molecular weight excluding hydrogens is 232 g/mol. The highest BCUT2D eigenvalue weighted by Gasteiger charge is 2.44. The van der Waals surface area contributed by atoms with E-state index in [0.717, 1.165) is 5.56 Å². The number of hydrogen-bond acceptors (Lipinski definition) is 4. The predicted octanol–water partition coefficient (Wildman–Crippen LogP) is 1.64. The van der Waals surface area contributed by atoms with Crippen LogP contribution in [0.15, 0.2) is 42.2 Å². The first-order valence-corrected chi connectivity index (χ1v) is 5.58. The Balaban J connectivity index is 2.00. The van der Waals surface area contributed by atoms with Crippen LogP contribution in [0.2, 0.25) is 0 Å². The Kier molecular flexibility index (Phi) is 2.41. The number of allylic oxidation sites excluding steroid dienone is 1. The quantitative estimate of drug-likeness (QED) is 0.812. The van der Waals surface area contributed by atoms with Crippen molar-refractivity contribution in [2.75, 3.05) is 0 Å². The molecule has 0 aromatic heterocycles. The Morgan fingerprint density at radius 2 is 2.00 bits per heavy atom. The highest BCUT2D eigenvalue weighted by molar-refractivity contribution is 5.70. The second kappa shape index (κ2) is 4.08. The molecule has 2 aliphatic heterocycles. The molecule has 3 rings (SSSR count). The predicted molar refractivity (Wildman–Crippen MR) is 61.2 cm³/mol. The van der Waals surface area contributed by atoms with E-state index in [-0.39, 0.29) is 11.7 Å². The van der Waals surface area contributed by atoms with Gasteiger partial charge in [0.05, 0.1) is 0 Å². The Morgan fingerprint density at radius 1 is 1.22 bits per heavy atom. The third-order valence-electron chi connectivity index (χ3n) is 3.04. The van der Waals surface area contributed by atoms with Crippen LogP contribution in [0.25, 0.3) is 0 Å². The van der Waals surface area contributed by atoms with Crippen LogP contribution in [0.5, 0.6) is 0 Å². The number of ether oxygens (including phenoxy) is 2. The molecule has 0 spiro atoms. The summed E-state index contributed by atoms with van der Waals surface area (Å²) in [6.45, 7) is 0. The molecule has 0 unspecified atom stereocenters. The monoisotopic (exact) mass is 242 g/mol. The summed E-state index contributed by atoms with van der Waals surface area (Å²) >= 11 is 0. The largest absolute Gasteiger partial charge is 0.457 e. The zero-order valence-electron chi connectivity index (χ0n) is 9.37. The van der Waals surface area contributed by atoms with E-state index in [0.29, 0.717) is 0 Å². The van der Waals surface area contributed by atoms with Gasteiger partial charge in [-0.3, -0.25) is 5.32 Å². The number of carbonyl (C=O) groups excluding carboxylic acids is 1. The minimum Gasteiger partial charge on any atom is -0.457 e. The van der Waals surface area contributed by atoms with E-state index in [1.807, 2.05) is 36.4 Å². The number of fused-ring (bicyclic) bond motifs is 1. The maximum Gasteiger partial charge on any atom is 0.410 e. The fraction of sp³-hybridized carbons (Fsp3) is 0.231. The molecule has 1 aromatic carbocycles. The number of nitrogens with one attached hydrogen (secondary N) is 1. The highest BCUT2D eigenvalue weighted by Crippen LogP contribution is 2.34. The first-order valence-electron chi connectivity index (χ1n) is 5.58. The van der Waals surface area contributed by atoms with Gasteiger partial charge in [-0.05, 0) is 11.6 Å². The van der Waals surface area contributed by atoms with Crippen molar-refractivity contribution in [1.29, 1.82) is 5.26 Å². The number of benzene rings is 1. The molecule has 0 aliphatic carbocycles. The smallest absolute Gasteiger partial charge is 0.410 e. The van der Waals surface area contributed by atoms with Gasteiger partial charge in [-0.25, -0.2) is 4.79 Å². The molecule has 0 bridgehead atoms. The van der Waals surface area contributed by atoms with Crippen LogP contribution >= 0.6 is 0 Å². The third-order valence-corrected chi connectivity index (χ3v) is 3.04. The van der Waals surface area contributed by atoms with Crippen LogP contribution in [0.4, 0.5) is 4.79 Å². The number of nitriles is 1. The lowest BCUT2D eigenvalue weighted by molar-refractivity contribution is 0.0130. The van der Waals surface area contributed by atoms with Crippen molar-refractivity contribution < 1.29 is 14.3 Å². The van der Waals surface area contributed by atoms with Gasteiger partial charge in [-0.1, -0.05) is 30.3 Å². The fourth-order valence-electron chi connectivity index (χ4n) is 2.23. The summed E-state index contributed by atoms with van der Waals surface area (Å²) in [5.74, 6) is 0.0365. The van der Waals surface area contributed by atoms with E-state index in [4.69, 9.17) is 14.7 Å². The minimum atomic E-state index is -0.595. The molecular formula is C13H10N2O3. The van der Waals surface area contributed by atoms with Gasteiger partial charge in [-0.15, -0.1) is 0 Å². The first-order chi connectivity index (χ1) is 8.78. The first kappa shape index (κ1) is 10.7. The van der Waals surface area contributed by atoms with E-state index >= 15 is 0 Å². The van der Waals surface area contributed by atoms with E-state index in [1.165, 1.54) is 0 Å². The molecule has 1 amide bonds. The van der Waals surface area contributed by atoms with Gasteiger partial charge in [0.15, 0.2) is 11.9 Å². The maximum absolute atomic E-state index is 11.3. The lowest BCUT2D eigenvalue weighted by atomic mass is 9.90. The van der Waals surface area contributed by atoms with Crippen LogP contribution < -0.4 is 5.32 Å². The summed E-state index contributed by atoms with van der Waals surface area (Å²) in [4.78, 5) is 11.3. The van der Waals surface area contributed by atoms with Gasteiger partial charge < -0.3 is 9.47 Å². The van der Waals surface area contributed by atoms with Crippen LogP contribution in [0.3, 0.4) is 0 Å². The van der Waals surface area contributed by atoms with Crippen LogP contribution in [0.1, 0.15) is 11.5 Å². The van der Waals surface area contributed by atoms with Crippen LogP contribution in [0, 0.1) is 11.3 Å². The second-order valence-corrected chi connectivity index (χ2v) is 4.13. The molecule has 0 saturated carbocycles.